The molecule has 6 heteroatoms. The van der Waals surface area contributed by atoms with Crippen LogP contribution in [-0.4, -0.2) is 43.6 Å². The minimum absolute atomic E-state index is 0.0376. The molecule has 0 bridgehead atoms. The van der Waals surface area contributed by atoms with Gasteiger partial charge in [-0.1, -0.05) is 0 Å². The van der Waals surface area contributed by atoms with Crippen molar-refractivity contribution in [2.45, 2.75) is 25.9 Å². The Bertz CT molecular complexity index is 517. The highest BCUT2D eigenvalue weighted by Gasteiger charge is 2.38. The molecule has 2 aliphatic heterocycles. The van der Waals surface area contributed by atoms with Gasteiger partial charge in [0.05, 0.1) is 0 Å². The van der Waals surface area contributed by atoms with E-state index in [0.29, 0.717) is 11.0 Å². The lowest BCUT2D eigenvalue weighted by atomic mass is 9.78. The van der Waals surface area contributed by atoms with Gasteiger partial charge in [0.15, 0.2) is 0 Å². The first kappa shape index (κ1) is 15.2. The van der Waals surface area contributed by atoms with E-state index in [0.717, 1.165) is 39.0 Å². The molecule has 1 spiro atoms. The summed E-state index contributed by atoms with van der Waals surface area (Å²) in [6.45, 7) is 0.791. The number of carbonyl (C=O) groups is 1. The van der Waals surface area contributed by atoms with Crippen molar-refractivity contribution in [2.24, 2.45) is 5.41 Å². The van der Waals surface area contributed by atoms with Crippen LogP contribution in [0.25, 0.3) is 0 Å². The molecule has 1 N–H and O–H groups in total. The first-order chi connectivity index (χ1) is 10.6. The molecular formula is C16H20F2N2O2. The number of piperidine rings is 1. The predicted molar refractivity (Wildman–Crippen MR) is 78.1 cm³/mol. The maximum absolute atomic E-state index is 12.5. The Morgan fingerprint density at radius 2 is 1.86 bits per heavy atom. The highest BCUT2D eigenvalue weighted by Crippen LogP contribution is 2.37. The zero-order chi connectivity index (χ0) is 15.6. The van der Waals surface area contributed by atoms with Crippen LogP contribution in [0.5, 0.6) is 5.75 Å². The number of alkyl halides is 2. The summed E-state index contributed by atoms with van der Waals surface area (Å²) < 4.78 is 28.5. The Kier molecular flexibility index (Phi) is 4.29. The number of halogens is 2. The topological polar surface area (TPSA) is 41.6 Å². The molecule has 2 heterocycles. The molecule has 1 amide bonds. The Labute approximate surface area is 128 Å². The summed E-state index contributed by atoms with van der Waals surface area (Å²) in [6.07, 6.45) is 3.24. The van der Waals surface area contributed by atoms with Gasteiger partial charge >= 0.3 is 6.61 Å². The molecule has 2 fully saturated rings. The predicted octanol–water partition coefficient (Wildman–Crippen LogP) is 2.50. The summed E-state index contributed by atoms with van der Waals surface area (Å²) in [5.74, 6) is 0.0329. The van der Waals surface area contributed by atoms with Crippen LogP contribution in [0.1, 0.15) is 29.6 Å². The second kappa shape index (κ2) is 6.20. The van der Waals surface area contributed by atoms with Crippen LogP contribution in [0.2, 0.25) is 0 Å². The van der Waals surface area contributed by atoms with Gasteiger partial charge in [0, 0.05) is 25.2 Å². The van der Waals surface area contributed by atoms with E-state index in [-0.39, 0.29) is 11.7 Å². The van der Waals surface area contributed by atoms with Crippen molar-refractivity contribution in [3.8, 4) is 5.75 Å². The number of hydrogen-bond acceptors (Lipinski definition) is 3. The molecule has 0 radical (unpaired) electrons. The highest BCUT2D eigenvalue weighted by molar-refractivity contribution is 5.94. The van der Waals surface area contributed by atoms with Gasteiger partial charge in [0.2, 0.25) is 0 Å². The van der Waals surface area contributed by atoms with E-state index >= 15 is 0 Å². The van der Waals surface area contributed by atoms with Crippen LogP contribution in [0.3, 0.4) is 0 Å². The summed E-state index contributed by atoms with van der Waals surface area (Å²) in [5, 5.41) is 3.40. The van der Waals surface area contributed by atoms with Crippen molar-refractivity contribution in [3.05, 3.63) is 29.8 Å². The number of likely N-dealkylation sites (tertiary alicyclic amines) is 1. The first-order valence-electron chi connectivity index (χ1n) is 7.63. The molecule has 2 aliphatic rings. The molecule has 0 saturated carbocycles. The Morgan fingerprint density at radius 1 is 1.18 bits per heavy atom. The third-order valence-corrected chi connectivity index (χ3v) is 4.77. The fourth-order valence-corrected chi connectivity index (χ4v) is 3.37. The molecule has 1 aromatic rings. The lowest BCUT2D eigenvalue weighted by molar-refractivity contribution is -0.0498. The summed E-state index contributed by atoms with van der Waals surface area (Å²) in [4.78, 5) is 14.3. The molecular weight excluding hydrogens is 290 g/mol. The SMILES string of the molecule is O=C(c1ccc(OC(F)F)cc1)N1CCC2(CCNC2)CC1. The molecule has 2 saturated heterocycles. The van der Waals surface area contributed by atoms with Gasteiger partial charge in [0.1, 0.15) is 5.75 Å². The van der Waals surface area contributed by atoms with Crippen LogP contribution in [-0.2, 0) is 0 Å². The highest BCUT2D eigenvalue weighted by atomic mass is 19.3. The zero-order valence-electron chi connectivity index (χ0n) is 12.4. The van der Waals surface area contributed by atoms with Crippen LogP contribution in [0, 0.1) is 5.41 Å². The van der Waals surface area contributed by atoms with E-state index in [4.69, 9.17) is 0 Å². The Balaban J connectivity index is 1.60. The molecule has 3 rings (SSSR count). The van der Waals surface area contributed by atoms with Gasteiger partial charge in [-0.2, -0.15) is 8.78 Å². The third kappa shape index (κ3) is 3.21. The molecule has 0 unspecified atom stereocenters. The van der Waals surface area contributed by atoms with Crippen LogP contribution in [0.4, 0.5) is 8.78 Å². The monoisotopic (exact) mass is 310 g/mol. The maximum Gasteiger partial charge on any atom is 0.387 e. The van der Waals surface area contributed by atoms with E-state index in [9.17, 15) is 13.6 Å². The number of amides is 1. The van der Waals surface area contributed by atoms with Crippen molar-refractivity contribution >= 4 is 5.91 Å². The standard InChI is InChI=1S/C16H20F2N2O2/c17-15(18)22-13-3-1-12(2-4-13)14(21)20-9-6-16(7-10-20)5-8-19-11-16/h1-4,15,19H,5-11H2. The fourth-order valence-electron chi connectivity index (χ4n) is 3.37. The average molecular weight is 310 g/mol. The number of rotatable bonds is 3. The van der Waals surface area contributed by atoms with Crippen molar-refractivity contribution < 1.29 is 18.3 Å². The molecule has 0 atom stereocenters. The number of hydrogen-bond donors (Lipinski definition) is 1. The summed E-state index contributed by atoms with van der Waals surface area (Å²) in [6, 6.07) is 5.90. The second-order valence-corrected chi connectivity index (χ2v) is 6.12. The molecule has 0 aromatic heterocycles. The molecule has 0 aliphatic carbocycles. The van der Waals surface area contributed by atoms with E-state index in [2.05, 4.69) is 10.1 Å². The van der Waals surface area contributed by atoms with Gasteiger partial charge in [-0.3, -0.25) is 4.79 Å². The van der Waals surface area contributed by atoms with Crippen molar-refractivity contribution in [1.82, 2.24) is 10.2 Å². The van der Waals surface area contributed by atoms with E-state index in [1.54, 1.807) is 12.1 Å². The number of benzene rings is 1. The largest absolute Gasteiger partial charge is 0.435 e. The summed E-state index contributed by atoms with van der Waals surface area (Å²) in [7, 11) is 0. The minimum Gasteiger partial charge on any atom is -0.435 e. The smallest absolute Gasteiger partial charge is 0.387 e. The Hall–Kier alpha value is -1.69. The second-order valence-electron chi connectivity index (χ2n) is 6.12. The van der Waals surface area contributed by atoms with Gasteiger partial charge in [0.25, 0.3) is 5.91 Å². The quantitative estimate of drug-likeness (QED) is 0.933. The molecule has 120 valence electrons. The lowest BCUT2D eigenvalue weighted by Gasteiger charge is -2.38. The van der Waals surface area contributed by atoms with Gasteiger partial charge in [-0.25, -0.2) is 0 Å². The van der Waals surface area contributed by atoms with Crippen LogP contribution < -0.4 is 10.1 Å². The molecule has 1 aromatic carbocycles. The summed E-state index contributed by atoms with van der Waals surface area (Å²) >= 11 is 0. The van der Waals surface area contributed by atoms with E-state index < -0.39 is 6.61 Å². The van der Waals surface area contributed by atoms with E-state index in [1.165, 1.54) is 18.6 Å². The average Bonchev–Trinajstić information content (AvgIpc) is 2.96. The number of nitrogens with zero attached hydrogens (tertiary/aromatic N) is 1. The van der Waals surface area contributed by atoms with Gasteiger partial charge in [-0.05, 0) is 55.5 Å². The van der Waals surface area contributed by atoms with E-state index in [1.807, 2.05) is 4.90 Å². The van der Waals surface area contributed by atoms with Gasteiger partial charge < -0.3 is 15.0 Å². The number of nitrogens with one attached hydrogen (secondary N) is 1. The molecule has 4 nitrogen and oxygen atoms in total. The number of ether oxygens (including phenoxy) is 1. The maximum atomic E-state index is 12.5. The van der Waals surface area contributed by atoms with Crippen LogP contribution in [0.15, 0.2) is 24.3 Å². The van der Waals surface area contributed by atoms with Crippen LogP contribution >= 0.6 is 0 Å². The normalized spacial score (nSPS) is 20.6. The zero-order valence-corrected chi connectivity index (χ0v) is 12.4. The first-order valence-corrected chi connectivity index (χ1v) is 7.63. The van der Waals surface area contributed by atoms with Crippen molar-refractivity contribution in [2.75, 3.05) is 26.2 Å². The Morgan fingerprint density at radius 3 is 2.41 bits per heavy atom. The minimum atomic E-state index is -2.85. The third-order valence-electron chi connectivity index (χ3n) is 4.77. The van der Waals surface area contributed by atoms with Crippen molar-refractivity contribution in [1.29, 1.82) is 0 Å². The van der Waals surface area contributed by atoms with Gasteiger partial charge in [-0.15, -0.1) is 0 Å². The summed E-state index contributed by atoms with van der Waals surface area (Å²) in [5.41, 5.74) is 0.883. The molecule has 22 heavy (non-hydrogen) atoms. The number of carbonyl (C=O) groups excluding carboxylic acids is 1. The van der Waals surface area contributed by atoms with Crippen molar-refractivity contribution in [3.63, 3.8) is 0 Å². The lowest BCUT2D eigenvalue weighted by Crippen LogP contribution is -2.44. The fraction of sp³-hybridized carbons (Fsp3) is 0.562.